The van der Waals surface area contributed by atoms with Crippen LogP contribution in [0.5, 0.6) is 0 Å². The molecule has 1 N–H and O–H groups in total. The van der Waals surface area contributed by atoms with Crippen molar-refractivity contribution in [3.63, 3.8) is 0 Å². The third-order valence-electron chi connectivity index (χ3n) is 4.67. The summed E-state index contributed by atoms with van der Waals surface area (Å²) in [5, 5.41) is 8.96. The summed E-state index contributed by atoms with van der Waals surface area (Å²) in [5.41, 5.74) is 2.11. The molecule has 2 aromatic carbocycles. The number of aliphatic hydroxyl groups is 1. The van der Waals surface area contributed by atoms with Gasteiger partial charge >= 0.3 is 6.03 Å². The number of Topliss-reactive ketones (excluding diaryl/α,β-unsaturated/α-hetero) is 1. The van der Waals surface area contributed by atoms with Crippen molar-refractivity contribution in [3.8, 4) is 0 Å². The molecule has 0 atom stereocenters. The van der Waals surface area contributed by atoms with Crippen molar-refractivity contribution in [1.82, 2.24) is 4.90 Å². The number of amides is 2. The van der Waals surface area contributed by atoms with Crippen LogP contribution in [0.2, 0.25) is 0 Å². The van der Waals surface area contributed by atoms with Crippen molar-refractivity contribution in [3.05, 3.63) is 65.0 Å². The minimum absolute atomic E-state index is 0.157. The van der Waals surface area contributed by atoms with Gasteiger partial charge in [-0.15, -0.1) is 0 Å². The van der Waals surface area contributed by atoms with Gasteiger partial charge in [0.05, 0.1) is 25.4 Å². The maximum atomic E-state index is 14.6. The summed E-state index contributed by atoms with van der Waals surface area (Å²) in [7, 11) is 0. The van der Waals surface area contributed by atoms with Crippen LogP contribution in [0.4, 0.5) is 14.9 Å². The third kappa shape index (κ3) is 4.55. The molecule has 28 heavy (non-hydrogen) atoms. The lowest BCUT2D eigenvalue weighted by Crippen LogP contribution is -2.48. The molecule has 1 saturated heterocycles. The number of anilines is 1. The number of aliphatic hydroxyl groups excluding tert-OH is 1. The maximum absolute atomic E-state index is 14.6. The average Bonchev–Trinajstić information content (AvgIpc) is 2.72. The predicted octanol–water partition coefficient (Wildman–Crippen LogP) is 2.77. The highest BCUT2D eigenvalue weighted by Gasteiger charge is 2.26. The highest BCUT2D eigenvalue weighted by atomic mass is 19.1. The van der Waals surface area contributed by atoms with Gasteiger partial charge in [0.2, 0.25) is 0 Å². The number of hydrogen-bond donors (Lipinski definition) is 1. The molecule has 1 heterocycles. The lowest BCUT2D eigenvalue weighted by atomic mass is 10.1. The van der Waals surface area contributed by atoms with E-state index in [0.29, 0.717) is 31.9 Å². The molecule has 6 nitrogen and oxygen atoms in total. The normalized spacial score (nSPS) is 14.0. The fraction of sp³-hybridized carbons (Fsp3) is 0.333. The van der Waals surface area contributed by atoms with Crippen molar-refractivity contribution in [2.75, 3.05) is 37.8 Å². The van der Waals surface area contributed by atoms with Gasteiger partial charge < -0.3 is 14.7 Å². The van der Waals surface area contributed by atoms with Crippen LogP contribution in [0.15, 0.2) is 42.5 Å². The molecule has 1 aliphatic rings. The van der Waals surface area contributed by atoms with E-state index >= 15 is 0 Å². The van der Waals surface area contributed by atoms with Gasteiger partial charge in [-0.1, -0.05) is 30.3 Å². The molecule has 1 fully saturated rings. The van der Waals surface area contributed by atoms with E-state index in [2.05, 4.69) is 0 Å². The van der Waals surface area contributed by atoms with E-state index in [1.807, 2.05) is 0 Å². The summed E-state index contributed by atoms with van der Waals surface area (Å²) >= 11 is 0. The second kappa shape index (κ2) is 8.95. The Morgan fingerprint density at radius 3 is 2.43 bits per heavy atom. The molecular formula is C21H23FN2O4. The van der Waals surface area contributed by atoms with Gasteiger partial charge in [0.15, 0.2) is 5.78 Å². The number of benzene rings is 2. The zero-order chi connectivity index (χ0) is 20.1. The minimum atomic E-state index is -0.560. The molecule has 2 amide bonds. The molecule has 0 bridgehead atoms. The first-order valence-electron chi connectivity index (χ1n) is 9.13. The highest BCUT2D eigenvalue weighted by molar-refractivity contribution is 5.97. The smallest absolute Gasteiger partial charge is 0.325 e. The molecule has 1 aliphatic heterocycles. The Labute approximate surface area is 163 Å². The monoisotopic (exact) mass is 386 g/mol. The van der Waals surface area contributed by atoms with Crippen LogP contribution >= 0.6 is 0 Å². The van der Waals surface area contributed by atoms with E-state index in [4.69, 9.17) is 9.84 Å². The Morgan fingerprint density at radius 1 is 1.14 bits per heavy atom. The summed E-state index contributed by atoms with van der Waals surface area (Å²) in [6.45, 7) is 3.19. The minimum Gasteiger partial charge on any atom is -0.388 e. The van der Waals surface area contributed by atoms with Crippen molar-refractivity contribution < 1.29 is 23.8 Å². The van der Waals surface area contributed by atoms with Gasteiger partial charge in [-0.25, -0.2) is 9.18 Å². The van der Waals surface area contributed by atoms with Crippen LogP contribution in [0.25, 0.3) is 0 Å². The SMILES string of the molecule is Cc1ccc(N(Cc2ccc(C(=O)CO)cc2)C(=O)N2CCOCC2)c(F)c1. The molecule has 3 rings (SSSR count). The summed E-state index contributed by atoms with van der Waals surface area (Å²) in [6.07, 6.45) is 0. The van der Waals surface area contributed by atoms with Gasteiger partial charge in [0, 0.05) is 18.7 Å². The van der Waals surface area contributed by atoms with Crippen LogP contribution in [-0.2, 0) is 11.3 Å². The second-order valence-corrected chi connectivity index (χ2v) is 6.70. The Bertz CT molecular complexity index is 848. The van der Waals surface area contributed by atoms with Gasteiger partial charge in [-0.05, 0) is 30.2 Å². The Kier molecular flexibility index (Phi) is 6.38. The summed E-state index contributed by atoms with van der Waals surface area (Å²) in [6, 6.07) is 11.1. The van der Waals surface area contributed by atoms with Crippen LogP contribution in [0.3, 0.4) is 0 Å². The second-order valence-electron chi connectivity index (χ2n) is 6.70. The number of ether oxygens (including phenoxy) is 1. The number of hydrogen-bond acceptors (Lipinski definition) is 4. The largest absolute Gasteiger partial charge is 0.388 e. The molecule has 0 unspecified atom stereocenters. The van der Waals surface area contributed by atoms with Crippen LogP contribution in [0.1, 0.15) is 21.5 Å². The molecular weight excluding hydrogens is 363 g/mol. The number of rotatable bonds is 5. The summed E-state index contributed by atoms with van der Waals surface area (Å²) < 4.78 is 19.9. The number of morpholine rings is 1. The molecule has 0 saturated carbocycles. The standard InChI is InChI=1S/C21H23FN2O4/c1-15-2-7-19(18(22)12-15)24(21(27)23-8-10-28-11-9-23)13-16-3-5-17(6-4-16)20(26)14-25/h2-7,12,25H,8-11,13-14H2,1H3. The lowest BCUT2D eigenvalue weighted by Gasteiger charge is -2.33. The third-order valence-corrected chi connectivity index (χ3v) is 4.67. The number of ketones is 1. The van der Waals surface area contributed by atoms with Crippen LogP contribution in [0, 0.1) is 12.7 Å². The van der Waals surface area contributed by atoms with Gasteiger partial charge in [0.25, 0.3) is 0 Å². The number of carbonyl (C=O) groups excluding carboxylic acids is 2. The number of halogens is 1. The van der Waals surface area contributed by atoms with Crippen molar-refractivity contribution in [1.29, 1.82) is 0 Å². The summed E-state index contributed by atoms with van der Waals surface area (Å²) in [4.78, 5) is 27.7. The first-order valence-corrected chi connectivity index (χ1v) is 9.13. The highest BCUT2D eigenvalue weighted by Crippen LogP contribution is 2.24. The average molecular weight is 386 g/mol. The first kappa shape index (κ1) is 20.0. The Hall–Kier alpha value is -2.77. The quantitative estimate of drug-likeness (QED) is 0.803. The van der Waals surface area contributed by atoms with Crippen LogP contribution in [-0.4, -0.2) is 54.7 Å². The maximum Gasteiger partial charge on any atom is 0.325 e. The molecule has 7 heteroatoms. The zero-order valence-electron chi connectivity index (χ0n) is 15.7. The van der Waals surface area contributed by atoms with E-state index in [-0.39, 0.29) is 24.0 Å². The molecule has 0 aliphatic carbocycles. The topological polar surface area (TPSA) is 70.1 Å². The van der Waals surface area contributed by atoms with E-state index < -0.39 is 12.4 Å². The summed E-state index contributed by atoms with van der Waals surface area (Å²) in [5.74, 6) is -0.842. The molecule has 148 valence electrons. The Morgan fingerprint density at radius 2 is 1.82 bits per heavy atom. The van der Waals surface area contributed by atoms with E-state index in [1.165, 1.54) is 11.0 Å². The molecule has 0 aromatic heterocycles. The van der Waals surface area contributed by atoms with Gasteiger partial charge in [-0.3, -0.25) is 9.69 Å². The number of aryl methyl sites for hydroxylation is 1. The van der Waals surface area contributed by atoms with Gasteiger partial charge in [-0.2, -0.15) is 0 Å². The number of carbonyl (C=O) groups is 2. The van der Waals surface area contributed by atoms with Crippen molar-refractivity contribution in [2.45, 2.75) is 13.5 Å². The molecule has 0 radical (unpaired) electrons. The van der Waals surface area contributed by atoms with Crippen LogP contribution < -0.4 is 4.90 Å². The fourth-order valence-electron chi connectivity index (χ4n) is 3.08. The fourth-order valence-corrected chi connectivity index (χ4v) is 3.08. The lowest BCUT2D eigenvalue weighted by molar-refractivity contribution is 0.0547. The van der Waals surface area contributed by atoms with Crippen molar-refractivity contribution >= 4 is 17.5 Å². The zero-order valence-corrected chi connectivity index (χ0v) is 15.7. The van der Waals surface area contributed by atoms with E-state index in [1.54, 1.807) is 48.2 Å². The number of urea groups is 1. The Balaban J connectivity index is 1.89. The van der Waals surface area contributed by atoms with E-state index in [9.17, 15) is 14.0 Å². The predicted molar refractivity (Wildman–Crippen MR) is 103 cm³/mol. The van der Waals surface area contributed by atoms with Gasteiger partial charge in [0.1, 0.15) is 12.4 Å². The van der Waals surface area contributed by atoms with Crippen molar-refractivity contribution in [2.24, 2.45) is 0 Å². The number of nitrogens with zero attached hydrogens (tertiary/aromatic N) is 2. The molecule has 2 aromatic rings. The van der Waals surface area contributed by atoms with E-state index in [0.717, 1.165) is 11.1 Å². The molecule has 0 spiro atoms. The first-order chi connectivity index (χ1) is 13.5.